The summed E-state index contributed by atoms with van der Waals surface area (Å²) in [6.07, 6.45) is 4.97. The van der Waals surface area contributed by atoms with Crippen LogP contribution in [0.15, 0.2) is 35.3 Å². The lowest BCUT2D eigenvalue weighted by molar-refractivity contribution is -0.116. The van der Waals surface area contributed by atoms with Gasteiger partial charge in [-0.1, -0.05) is 31.9 Å². The number of fused-ring (bicyclic) bond motifs is 1. The Bertz CT molecular complexity index is 631. The van der Waals surface area contributed by atoms with Gasteiger partial charge in [-0.3, -0.25) is 9.59 Å². The fourth-order valence-electron chi connectivity index (χ4n) is 2.01. The second-order valence-corrected chi connectivity index (χ2v) is 4.58. The minimum absolute atomic E-state index is 0.103. The quantitative estimate of drug-likeness (QED) is 0.810. The largest absolute Gasteiger partial charge is 0.359 e. The third-order valence-electron chi connectivity index (χ3n) is 3.07. The molecule has 0 unspecified atom stereocenters. The van der Waals surface area contributed by atoms with Crippen molar-refractivity contribution in [2.75, 3.05) is 5.32 Å². The number of carbonyl (C=O) groups is 1. The zero-order valence-corrected chi connectivity index (χ0v) is 11.0. The molecular weight excluding hydrogens is 240 g/mol. The number of carbonyl (C=O) groups excluding carboxylic acids is 1. The van der Waals surface area contributed by atoms with Gasteiger partial charge in [0, 0.05) is 23.5 Å². The van der Waals surface area contributed by atoms with E-state index in [1.54, 1.807) is 12.3 Å². The molecule has 2 aromatic rings. The predicted molar refractivity (Wildman–Crippen MR) is 77.3 cm³/mol. The van der Waals surface area contributed by atoms with Crippen molar-refractivity contribution in [3.63, 3.8) is 0 Å². The van der Waals surface area contributed by atoms with Crippen LogP contribution in [0.1, 0.15) is 32.6 Å². The number of para-hydroxylation sites is 1. The molecule has 1 aromatic heterocycles. The van der Waals surface area contributed by atoms with Gasteiger partial charge in [0.1, 0.15) is 5.69 Å². The van der Waals surface area contributed by atoms with Gasteiger partial charge < -0.3 is 10.3 Å². The van der Waals surface area contributed by atoms with E-state index in [1.165, 1.54) is 0 Å². The molecule has 0 aliphatic carbocycles. The number of aromatic amines is 1. The van der Waals surface area contributed by atoms with Crippen LogP contribution < -0.4 is 10.7 Å². The number of rotatable bonds is 5. The number of unbranched alkanes of at least 4 members (excludes halogenated alkanes) is 2. The average molecular weight is 258 g/mol. The standard InChI is InChI=1S/C15H18N2O2/c1-2-3-4-9-14(18)17-13-10-16-12-8-6-5-7-11(12)15(13)19/h5-8,10H,2-4,9H2,1H3,(H,16,19)(H,17,18). The van der Waals surface area contributed by atoms with E-state index in [4.69, 9.17) is 0 Å². The summed E-state index contributed by atoms with van der Waals surface area (Å²) in [5.74, 6) is -0.103. The van der Waals surface area contributed by atoms with E-state index < -0.39 is 0 Å². The van der Waals surface area contributed by atoms with Gasteiger partial charge in [0.2, 0.25) is 11.3 Å². The zero-order valence-electron chi connectivity index (χ0n) is 11.0. The number of H-pyrrole nitrogens is 1. The van der Waals surface area contributed by atoms with E-state index in [-0.39, 0.29) is 11.3 Å². The molecular formula is C15H18N2O2. The van der Waals surface area contributed by atoms with E-state index in [1.807, 2.05) is 18.2 Å². The fourth-order valence-corrected chi connectivity index (χ4v) is 2.01. The third kappa shape index (κ3) is 3.22. The number of benzene rings is 1. The van der Waals surface area contributed by atoms with Gasteiger partial charge in [0.25, 0.3) is 0 Å². The van der Waals surface area contributed by atoms with Gasteiger partial charge in [-0.05, 0) is 18.6 Å². The molecule has 19 heavy (non-hydrogen) atoms. The molecule has 0 atom stereocenters. The molecule has 0 spiro atoms. The number of nitrogens with one attached hydrogen (secondary N) is 2. The van der Waals surface area contributed by atoms with Crippen LogP contribution in [0.25, 0.3) is 10.9 Å². The third-order valence-corrected chi connectivity index (χ3v) is 3.07. The van der Waals surface area contributed by atoms with Gasteiger partial charge >= 0.3 is 0 Å². The van der Waals surface area contributed by atoms with Crippen LogP contribution >= 0.6 is 0 Å². The molecule has 4 heteroatoms. The topological polar surface area (TPSA) is 62.0 Å². The Balaban J connectivity index is 2.15. The van der Waals surface area contributed by atoms with Crippen molar-refractivity contribution in [3.8, 4) is 0 Å². The molecule has 0 radical (unpaired) electrons. The molecule has 0 saturated heterocycles. The number of hydrogen-bond acceptors (Lipinski definition) is 2. The van der Waals surface area contributed by atoms with Crippen molar-refractivity contribution in [1.82, 2.24) is 4.98 Å². The van der Waals surface area contributed by atoms with Gasteiger partial charge in [-0.2, -0.15) is 0 Å². The van der Waals surface area contributed by atoms with Gasteiger partial charge in [0.15, 0.2) is 0 Å². The number of anilines is 1. The smallest absolute Gasteiger partial charge is 0.224 e. The first-order valence-electron chi connectivity index (χ1n) is 6.62. The normalized spacial score (nSPS) is 10.6. The van der Waals surface area contributed by atoms with Crippen LogP contribution in [0.2, 0.25) is 0 Å². The molecule has 2 rings (SSSR count). The van der Waals surface area contributed by atoms with Crippen LogP contribution in [0.5, 0.6) is 0 Å². The van der Waals surface area contributed by atoms with Crippen molar-refractivity contribution in [3.05, 3.63) is 40.7 Å². The summed E-state index contributed by atoms with van der Waals surface area (Å²) in [6, 6.07) is 7.26. The molecule has 0 fully saturated rings. The highest BCUT2D eigenvalue weighted by Crippen LogP contribution is 2.10. The lowest BCUT2D eigenvalue weighted by Gasteiger charge is -2.05. The molecule has 1 amide bonds. The molecule has 2 N–H and O–H groups in total. The van der Waals surface area contributed by atoms with Crippen molar-refractivity contribution >= 4 is 22.5 Å². The summed E-state index contributed by atoms with van der Waals surface area (Å²) < 4.78 is 0. The maximum atomic E-state index is 12.2. The lowest BCUT2D eigenvalue weighted by Crippen LogP contribution is -2.18. The predicted octanol–water partition coefficient (Wildman–Crippen LogP) is 3.05. The van der Waals surface area contributed by atoms with Crippen LogP contribution in [-0.2, 0) is 4.79 Å². The summed E-state index contributed by atoms with van der Waals surface area (Å²) in [6.45, 7) is 2.09. The van der Waals surface area contributed by atoms with Gasteiger partial charge in [0.05, 0.1) is 0 Å². The summed E-state index contributed by atoms with van der Waals surface area (Å²) >= 11 is 0. The first-order chi connectivity index (χ1) is 9.22. The SMILES string of the molecule is CCCCCC(=O)Nc1c[nH]c2ccccc2c1=O. The molecule has 1 aromatic carbocycles. The Kier molecular flexibility index (Phi) is 4.34. The fraction of sp³-hybridized carbons (Fsp3) is 0.333. The highest BCUT2D eigenvalue weighted by Gasteiger charge is 2.07. The Morgan fingerprint density at radius 3 is 2.84 bits per heavy atom. The number of amides is 1. The van der Waals surface area contributed by atoms with Crippen LogP contribution in [0.3, 0.4) is 0 Å². The highest BCUT2D eigenvalue weighted by atomic mass is 16.2. The minimum atomic E-state index is -0.141. The maximum absolute atomic E-state index is 12.2. The van der Waals surface area contributed by atoms with E-state index in [9.17, 15) is 9.59 Å². The summed E-state index contributed by atoms with van der Waals surface area (Å²) in [5.41, 5.74) is 0.954. The molecule has 0 aliphatic heterocycles. The lowest BCUT2D eigenvalue weighted by atomic mass is 10.2. The first kappa shape index (κ1) is 13.3. The van der Waals surface area contributed by atoms with Crippen molar-refractivity contribution in [1.29, 1.82) is 0 Å². The Morgan fingerprint density at radius 2 is 2.05 bits per heavy atom. The van der Waals surface area contributed by atoms with Gasteiger partial charge in [-0.25, -0.2) is 0 Å². The van der Waals surface area contributed by atoms with Crippen molar-refractivity contribution in [2.45, 2.75) is 32.6 Å². The van der Waals surface area contributed by atoms with Crippen molar-refractivity contribution in [2.24, 2.45) is 0 Å². The Labute approximate surface area is 111 Å². The van der Waals surface area contributed by atoms with Crippen LogP contribution in [0, 0.1) is 0 Å². The first-order valence-corrected chi connectivity index (χ1v) is 6.62. The van der Waals surface area contributed by atoms with E-state index in [2.05, 4.69) is 17.2 Å². The number of hydrogen-bond donors (Lipinski definition) is 2. The van der Waals surface area contributed by atoms with Crippen molar-refractivity contribution < 1.29 is 4.79 Å². The second kappa shape index (κ2) is 6.18. The van der Waals surface area contributed by atoms with Gasteiger partial charge in [-0.15, -0.1) is 0 Å². The molecule has 0 bridgehead atoms. The van der Waals surface area contributed by atoms with Crippen LogP contribution in [-0.4, -0.2) is 10.9 Å². The second-order valence-electron chi connectivity index (χ2n) is 4.58. The van der Waals surface area contributed by atoms with E-state index in [0.717, 1.165) is 24.8 Å². The monoisotopic (exact) mass is 258 g/mol. The Hall–Kier alpha value is -2.10. The number of pyridine rings is 1. The highest BCUT2D eigenvalue weighted by molar-refractivity contribution is 5.92. The Morgan fingerprint density at radius 1 is 1.26 bits per heavy atom. The minimum Gasteiger partial charge on any atom is -0.359 e. The molecule has 4 nitrogen and oxygen atoms in total. The molecule has 0 aliphatic rings. The average Bonchev–Trinajstić information content (AvgIpc) is 2.43. The zero-order chi connectivity index (χ0) is 13.7. The summed E-state index contributed by atoms with van der Waals surface area (Å²) in [4.78, 5) is 26.9. The molecule has 1 heterocycles. The maximum Gasteiger partial charge on any atom is 0.224 e. The number of aromatic nitrogens is 1. The summed E-state index contributed by atoms with van der Waals surface area (Å²) in [7, 11) is 0. The summed E-state index contributed by atoms with van der Waals surface area (Å²) in [5, 5.41) is 3.27. The molecule has 0 saturated carbocycles. The van der Waals surface area contributed by atoms with E-state index in [0.29, 0.717) is 17.5 Å². The molecule has 100 valence electrons. The van der Waals surface area contributed by atoms with E-state index >= 15 is 0 Å². The van der Waals surface area contributed by atoms with Crippen LogP contribution in [0.4, 0.5) is 5.69 Å².